The molecule has 30 heavy (non-hydrogen) atoms. The number of benzene rings is 2. The number of sulfone groups is 1. The third-order valence-electron chi connectivity index (χ3n) is 6.31. The molecular formula is C22H23NO6S. The number of carboxylic acids is 1. The molecule has 158 valence electrons. The van der Waals surface area contributed by atoms with E-state index in [1.807, 2.05) is 48.5 Å². The van der Waals surface area contributed by atoms with Gasteiger partial charge in [-0.05, 0) is 35.6 Å². The summed E-state index contributed by atoms with van der Waals surface area (Å²) in [5.74, 6) is -1.47. The van der Waals surface area contributed by atoms with Crippen molar-refractivity contribution in [1.29, 1.82) is 0 Å². The van der Waals surface area contributed by atoms with Crippen molar-refractivity contribution in [2.45, 2.75) is 36.5 Å². The van der Waals surface area contributed by atoms with E-state index in [2.05, 4.69) is 5.32 Å². The van der Waals surface area contributed by atoms with Crippen LogP contribution >= 0.6 is 0 Å². The minimum Gasteiger partial charge on any atom is -0.481 e. The summed E-state index contributed by atoms with van der Waals surface area (Å²) in [6.45, 7) is 1.51. The molecule has 0 bridgehead atoms. The number of carbonyl (C=O) groups is 2. The standard InChI is InChI=1S/C22H23NO6S/c1-14-22(12-20(24)25,10-11-30(14,27)28)23-21(26)29-13-19-17-8-4-2-6-15(17)16-7-3-5-9-18(16)19/h2-9,14,19H,10-13H2,1H3,(H,23,26)(H,24,25). The summed E-state index contributed by atoms with van der Waals surface area (Å²) in [5, 5.41) is 10.9. The van der Waals surface area contributed by atoms with Crippen LogP contribution in [0.3, 0.4) is 0 Å². The zero-order valence-electron chi connectivity index (χ0n) is 16.5. The van der Waals surface area contributed by atoms with E-state index in [1.54, 1.807) is 0 Å². The molecule has 8 heteroatoms. The third-order valence-corrected chi connectivity index (χ3v) is 8.61. The molecule has 7 nitrogen and oxygen atoms in total. The fourth-order valence-electron chi connectivity index (χ4n) is 4.60. The Kier molecular flexibility index (Phi) is 5.05. The summed E-state index contributed by atoms with van der Waals surface area (Å²) in [6, 6.07) is 15.8. The minimum atomic E-state index is -3.47. The highest BCUT2D eigenvalue weighted by Crippen LogP contribution is 2.44. The van der Waals surface area contributed by atoms with Gasteiger partial charge in [0.25, 0.3) is 0 Å². The normalized spacial score (nSPS) is 24.1. The van der Waals surface area contributed by atoms with Gasteiger partial charge in [0.1, 0.15) is 6.61 Å². The fourth-order valence-corrected chi connectivity index (χ4v) is 6.55. The minimum absolute atomic E-state index is 0.0486. The third kappa shape index (κ3) is 3.45. The molecule has 0 radical (unpaired) electrons. The van der Waals surface area contributed by atoms with Crippen molar-refractivity contribution in [2.24, 2.45) is 0 Å². The van der Waals surface area contributed by atoms with E-state index in [-0.39, 0.29) is 24.7 Å². The predicted molar refractivity (Wildman–Crippen MR) is 111 cm³/mol. The average molecular weight is 429 g/mol. The average Bonchev–Trinajstić information content (AvgIpc) is 3.14. The first-order valence-electron chi connectivity index (χ1n) is 9.80. The van der Waals surface area contributed by atoms with Crippen molar-refractivity contribution in [3.63, 3.8) is 0 Å². The van der Waals surface area contributed by atoms with Gasteiger partial charge in [-0.25, -0.2) is 13.2 Å². The molecular weight excluding hydrogens is 406 g/mol. The van der Waals surface area contributed by atoms with Gasteiger partial charge in [0.15, 0.2) is 9.84 Å². The van der Waals surface area contributed by atoms with E-state index in [4.69, 9.17) is 4.74 Å². The summed E-state index contributed by atoms with van der Waals surface area (Å²) in [6.07, 6.45) is -1.23. The Morgan fingerprint density at radius 3 is 2.17 bits per heavy atom. The molecule has 1 fully saturated rings. The van der Waals surface area contributed by atoms with Crippen LogP contribution in [-0.2, 0) is 19.4 Å². The lowest BCUT2D eigenvalue weighted by molar-refractivity contribution is -0.138. The van der Waals surface area contributed by atoms with E-state index in [1.165, 1.54) is 6.92 Å². The first-order chi connectivity index (χ1) is 14.2. The molecule has 2 aromatic carbocycles. The van der Waals surface area contributed by atoms with Crippen LogP contribution < -0.4 is 5.32 Å². The van der Waals surface area contributed by atoms with Gasteiger partial charge >= 0.3 is 12.1 Å². The highest BCUT2D eigenvalue weighted by Gasteiger charge is 2.52. The molecule has 4 rings (SSSR count). The lowest BCUT2D eigenvalue weighted by atomic mass is 9.89. The molecule has 2 aliphatic rings. The summed E-state index contributed by atoms with van der Waals surface area (Å²) < 4.78 is 29.9. The van der Waals surface area contributed by atoms with Crippen LogP contribution in [0.2, 0.25) is 0 Å². The van der Waals surface area contributed by atoms with Gasteiger partial charge in [-0.1, -0.05) is 48.5 Å². The molecule has 1 heterocycles. The number of rotatable bonds is 5. The summed E-state index contributed by atoms with van der Waals surface area (Å²) >= 11 is 0. The Morgan fingerprint density at radius 1 is 1.10 bits per heavy atom. The summed E-state index contributed by atoms with van der Waals surface area (Å²) in [7, 11) is -3.47. The molecule has 2 atom stereocenters. The quantitative estimate of drug-likeness (QED) is 0.756. The first-order valence-corrected chi connectivity index (χ1v) is 11.5. The predicted octanol–water partition coefficient (Wildman–Crippen LogP) is 2.95. The van der Waals surface area contributed by atoms with Crippen molar-refractivity contribution < 1.29 is 27.9 Å². The van der Waals surface area contributed by atoms with E-state index >= 15 is 0 Å². The van der Waals surface area contributed by atoms with Gasteiger partial charge in [0.2, 0.25) is 0 Å². The zero-order chi connectivity index (χ0) is 21.5. The lowest BCUT2D eigenvalue weighted by Gasteiger charge is -2.31. The molecule has 1 aliphatic carbocycles. The van der Waals surface area contributed by atoms with E-state index in [0.29, 0.717) is 0 Å². The van der Waals surface area contributed by atoms with Crippen LogP contribution in [0.4, 0.5) is 4.79 Å². The van der Waals surface area contributed by atoms with Crippen molar-refractivity contribution in [3.8, 4) is 11.1 Å². The van der Waals surface area contributed by atoms with Crippen LogP contribution in [0.15, 0.2) is 48.5 Å². The lowest BCUT2D eigenvalue weighted by Crippen LogP contribution is -2.55. The summed E-state index contributed by atoms with van der Waals surface area (Å²) in [5.41, 5.74) is 2.94. The van der Waals surface area contributed by atoms with Gasteiger partial charge in [-0.2, -0.15) is 0 Å². The van der Waals surface area contributed by atoms with E-state index < -0.39 is 39.1 Å². The van der Waals surface area contributed by atoms with Gasteiger partial charge in [-0.3, -0.25) is 4.79 Å². The van der Waals surface area contributed by atoms with Gasteiger partial charge in [0.05, 0.1) is 23.0 Å². The van der Waals surface area contributed by atoms with Crippen molar-refractivity contribution in [1.82, 2.24) is 5.32 Å². The Bertz CT molecular complexity index is 1070. The number of carboxylic acid groups (broad SMARTS) is 1. The van der Waals surface area contributed by atoms with Gasteiger partial charge in [0, 0.05) is 5.92 Å². The molecule has 0 aromatic heterocycles. The number of aliphatic carboxylic acids is 1. The monoisotopic (exact) mass is 429 g/mol. The topological polar surface area (TPSA) is 110 Å². The second-order valence-electron chi connectivity index (χ2n) is 7.94. The number of ether oxygens (including phenoxy) is 1. The number of fused-ring (bicyclic) bond motifs is 3. The number of hydrogen-bond donors (Lipinski definition) is 2. The van der Waals surface area contributed by atoms with E-state index in [0.717, 1.165) is 22.3 Å². The maximum atomic E-state index is 12.6. The molecule has 1 saturated heterocycles. The molecule has 0 spiro atoms. The van der Waals surface area contributed by atoms with Crippen molar-refractivity contribution in [2.75, 3.05) is 12.4 Å². The largest absolute Gasteiger partial charge is 0.481 e. The van der Waals surface area contributed by atoms with Crippen molar-refractivity contribution in [3.05, 3.63) is 59.7 Å². The Labute approximate surface area is 175 Å². The fraction of sp³-hybridized carbons (Fsp3) is 0.364. The maximum absolute atomic E-state index is 12.6. The van der Waals surface area contributed by atoms with Gasteiger partial charge < -0.3 is 15.2 Å². The van der Waals surface area contributed by atoms with E-state index in [9.17, 15) is 23.1 Å². The molecule has 2 aromatic rings. The number of nitrogens with one attached hydrogen (secondary N) is 1. The number of alkyl carbamates (subject to hydrolysis) is 1. The van der Waals surface area contributed by atoms with Crippen LogP contribution in [0.5, 0.6) is 0 Å². The zero-order valence-corrected chi connectivity index (χ0v) is 17.3. The highest BCUT2D eigenvalue weighted by molar-refractivity contribution is 7.92. The summed E-state index contributed by atoms with van der Waals surface area (Å²) in [4.78, 5) is 24.0. The number of hydrogen-bond acceptors (Lipinski definition) is 5. The Balaban J connectivity index is 1.52. The number of amides is 1. The molecule has 2 unspecified atom stereocenters. The molecule has 0 saturated carbocycles. The first kappa shape index (κ1) is 20.4. The second kappa shape index (κ2) is 7.43. The van der Waals surface area contributed by atoms with Crippen LogP contribution in [0.1, 0.15) is 36.8 Å². The van der Waals surface area contributed by atoms with Crippen LogP contribution in [0, 0.1) is 0 Å². The second-order valence-corrected chi connectivity index (χ2v) is 10.4. The molecule has 2 N–H and O–H groups in total. The molecule has 1 aliphatic heterocycles. The molecule has 1 amide bonds. The van der Waals surface area contributed by atoms with Crippen LogP contribution in [-0.4, -0.2) is 48.7 Å². The van der Waals surface area contributed by atoms with Crippen LogP contribution in [0.25, 0.3) is 11.1 Å². The number of carbonyl (C=O) groups excluding carboxylic acids is 1. The maximum Gasteiger partial charge on any atom is 0.407 e. The SMILES string of the molecule is CC1C(CC(=O)O)(NC(=O)OCC2c3ccccc3-c3ccccc32)CCS1(=O)=O. The smallest absolute Gasteiger partial charge is 0.407 e. The van der Waals surface area contributed by atoms with Crippen molar-refractivity contribution >= 4 is 21.9 Å². The Hall–Kier alpha value is -2.87. The highest BCUT2D eigenvalue weighted by atomic mass is 32.2. The van der Waals surface area contributed by atoms with Gasteiger partial charge in [-0.15, -0.1) is 0 Å². The Morgan fingerprint density at radius 2 is 1.67 bits per heavy atom.